The average molecular weight is 306 g/mol. The summed E-state index contributed by atoms with van der Waals surface area (Å²) in [6.45, 7) is 1.97. The van der Waals surface area contributed by atoms with Crippen molar-refractivity contribution in [3.8, 4) is 23.0 Å². The number of nitrogen functional groups attached to an aromatic ring is 2. The molecule has 4 N–H and O–H groups in total. The van der Waals surface area contributed by atoms with Crippen LogP contribution in [-0.4, -0.2) is 0 Å². The fraction of sp³-hybridized carbons (Fsp3) is 0.0526. The Kier molecular flexibility index (Phi) is 4.06. The van der Waals surface area contributed by atoms with Crippen molar-refractivity contribution in [2.75, 3.05) is 11.5 Å². The number of hydrogen-bond donors (Lipinski definition) is 2. The van der Waals surface area contributed by atoms with E-state index >= 15 is 0 Å². The molecule has 4 nitrogen and oxygen atoms in total. The number of anilines is 2. The van der Waals surface area contributed by atoms with Crippen LogP contribution in [0.4, 0.5) is 11.4 Å². The van der Waals surface area contributed by atoms with Crippen molar-refractivity contribution in [1.29, 1.82) is 0 Å². The van der Waals surface area contributed by atoms with E-state index in [9.17, 15) is 0 Å². The number of benzene rings is 3. The maximum atomic E-state index is 5.92. The summed E-state index contributed by atoms with van der Waals surface area (Å²) in [6.07, 6.45) is 0. The van der Waals surface area contributed by atoms with Crippen LogP contribution in [0.1, 0.15) is 5.56 Å². The van der Waals surface area contributed by atoms with Crippen molar-refractivity contribution in [2.24, 2.45) is 0 Å². The van der Waals surface area contributed by atoms with Crippen molar-refractivity contribution >= 4 is 11.4 Å². The predicted octanol–water partition coefficient (Wildman–Crippen LogP) is 4.74. The Morgan fingerprint density at radius 1 is 0.652 bits per heavy atom. The average Bonchev–Trinajstić information content (AvgIpc) is 2.51. The van der Waals surface area contributed by atoms with Gasteiger partial charge >= 0.3 is 0 Å². The first-order valence-electron chi connectivity index (χ1n) is 7.28. The molecule has 0 aliphatic heterocycles. The molecule has 0 bridgehead atoms. The minimum absolute atomic E-state index is 0.587. The Morgan fingerprint density at radius 3 is 1.52 bits per heavy atom. The quantitative estimate of drug-likeness (QED) is 0.683. The van der Waals surface area contributed by atoms with Crippen LogP contribution in [0.25, 0.3) is 0 Å². The lowest BCUT2D eigenvalue weighted by Gasteiger charge is -2.12. The van der Waals surface area contributed by atoms with Gasteiger partial charge in [0.05, 0.1) is 11.4 Å². The molecular weight excluding hydrogens is 288 g/mol. The smallest absolute Gasteiger partial charge is 0.150 e. The fourth-order valence-corrected chi connectivity index (χ4v) is 2.23. The maximum Gasteiger partial charge on any atom is 0.150 e. The van der Waals surface area contributed by atoms with Crippen LogP contribution in [0.5, 0.6) is 23.0 Å². The van der Waals surface area contributed by atoms with E-state index in [1.807, 2.05) is 61.5 Å². The second-order valence-corrected chi connectivity index (χ2v) is 5.26. The highest BCUT2D eigenvalue weighted by molar-refractivity contribution is 5.56. The Balaban J connectivity index is 1.88. The van der Waals surface area contributed by atoms with Gasteiger partial charge in [-0.15, -0.1) is 0 Å². The van der Waals surface area contributed by atoms with Crippen molar-refractivity contribution in [3.63, 3.8) is 0 Å². The molecule has 0 atom stereocenters. The third kappa shape index (κ3) is 3.55. The molecule has 0 fully saturated rings. The van der Waals surface area contributed by atoms with Gasteiger partial charge in [0.25, 0.3) is 0 Å². The van der Waals surface area contributed by atoms with Gasteiger partial charge in [-0.05, 0) is 48.9 Å². The molecular formula is C19H18N2O2. The largest absolute Gasteiger partial charge is 0.455 e. The van der Waals surface area contributed by atoms with Crippen LogP contribution in [0.15, 0.2) is 66.7 Å². The SMILES string of the molecule is Cc1cc(Oc2ccccc2N)cc(Oc2ccccc2N)c1. The van der Waals surface area contributed by atoms with E-state index in [1.165, 1.54) is 0 Å². The Hall–Kier alpha value is -3.14. The molecule has 0 heterocycles. The second-order valence-electron chi connectivity index (χ2n) is 5.26. The van der Waals surface area contributed by atoms with Gasteiger partial charge in [-0.3, -0.25) is 0 Å². The minimum Gasteiger partial charge on any atom is -0.455 e. The van der Waals surface area contributed by atoms with Gasteiger partial charge in [0, 0.05) is 6.07 Å². The lowest BCUT2D eigenvalue weighted by Crippen LogP contribution is -1.94. The van der Waals surface area contributed by atoms with E-state index in [2.05, 4.69) is 0 Å². The molecule has 3 aromatic rings. The summed E-state index contributed by atoms with van der Waals surface area (Å²) in [7, 11) is 0. The van der Waals surface area contributed by atoms with E-state index in [0.717, 1.165) is 5.56 Å². The number of hydrogen-bond acceptors (Lipinski definition) is 4. The van der Waals surface area contributed by atoms with Crippen molar-refractivity contribution < 1.29 is 9.47 Å². The molecule has 0 aliphatic rings. The normalized spacial score (nSPS) is 10.3. The summed E-state index contributed by atoms with van der Waals surface area (Å²) in [5.74, 6) is 2.55. The van der Waals surface area contributed by atoms with Gasteiger partial charge in [-0.1, -0.05) is 24.3 Å². The van der Waals surface area contributed by atoms with Crippen LogP contribution in [-0.2, 0) is 0 Å². The highest BCUT2D eigenvalue weighted by Crippen LogP contribution is 2.33. The van der Waals surface area contributed by atoms with Gasteiger partial charge in [-0.25, -0.2) is 0 Å². The molecule has 0 aliphatic carbocycles. The van der Waals surface area contributed by atoms with Crippen LogP contribution in [0.3, 0.4) is 0 Å². The molecule has 0 saturated heterocycles. The van der Waals surface area contributed by atoms with Gasteiger partial charge in [-0.2, -0.15) is 0 Å². The van der Waals surface area contributed by atoms with Crippen molar-refractivity contribution in [2.45, 2.75) is 6.92 Å². The number of nitrogens with two attached hydrogens (primary N) is 2. The lowest BCUT2D eigenvalue weighted by molar-refractivity contribution is 0.462. The number of ether oxygens (including phenoxy) is 2. The summed E-state index contributed by atoms with van der Waals surface area (Å²) >= 11 is 0. The predicted molar refractivity (Wildman–Crippen MR) is 93.0 cm³/mol. The highest BCUT2D eigenvalue weighted by atomic mass is 16.5. The zero-order valence-electron chi connectivity index (χ0n) is 12.8. The van der Waals surface area contributed by atoms with E-state index in [4.69, 9.17) is 20.9 Å². The van der Waals surface area contributed by atoms with Crippen LogP contribution in [0.2, 0.25) is 0 Å². The first-order valence-corrected chi connectivity index (χ1v) is 7.28. The summed E-state index contributed by atoms with van der Waals surface area (Å²) in [5, 5.41) is 0. The van der Waals surface area contributed by atoms with Crippen molar-refractivity contribution in [1.82, 2.24) is 0 Å². The van der Waals surface area contributed by atoms with E-state index in [-0.39, 0.29) is 0 Å². The van der Waals surface area contributed by atoms with Gasteiger partial charge in [0.1, 0.15) is 23.0 Å². The molecule has 4 heteroatoms. The zero-order valence-corrected chi connectivity index (χ0v) is 12.8. The fourth-order valence-electron chi connectivity index (χ4n) is 2.23. The molecule has 0 aromatic heterocycles. The first-order chi connectivity index (χ1) is 11.1. The number of rotatable bonds is 4. The molecule has 0 radical (unpaired) electrons. The monoisotopic (exact) mass is 306 g/mol. The lowest BCUT2D eigenvalue weighted by atomic mass is 10.2. The Morgan fingerprint density at radius 2 is 1.09 bits per heavy atom. The summed E-state index contributed by atoms with van der Waals surface area (Å²) < 4.78 is 11.7. The molecule has 0 spiro atoms. The van der Waals surface area contributed by atoms with E-state index in [0.29, 0.717) is 34.4 Å². The van der Waals surface area contributed by atoms with Crippen LogP contribution in [0, 0.1) is 6.92 Å². The molecule has 3 aromatic carbocycles. The van der Waals surface area contributed by atoms with Crippen molar-refractivity contribution in [3.05, 3.63) is 72.3 Å². The second kappa shape index (κ2) is 6.32. The maximum absolute atomic E-state index is 5.92. The molecule has 0 unspecified atom stereocenters. The summed E-state index contributed by atoms with van der Waals surface area (Å²) in [6, 6.07) is 20.4. The topological polar surface area (TPSA) is 70.5 Å². The van der Waals surface area contributed by atoms with Gasteiger partial charge in [0.2, 0.25) is 0 Å². The molecule has 23 heavy (non-hydrogen) atoms. The Bertz CT molecular complexity index is 765. The molecule has 116 valence electrons. The summed E-state index contributed by atoms with van der Waals surface area (Å²) in [4.78, 5) is 0. The highest BCUT2D eigenvalue weighted by Gasteiger charge is 2.07. The third-order valence-corrected chi connectivity index (χ3v) is 3.32. The molecule has 3 rings (SSSR count). The number of para-hydroxylation sites is 4. The van der Waals surface area contributed by atoms with Gasteiger partial charge in [0.15, 0.2) is 0 Å². The minimum atomic E-state index is 0.587. The van der Waals surface area contributed by atoms with Crippen LogP contribution >= 0.6 is 0 Å². The first kappa shape index (κ1) is 14.8. The summed E-state index contributed by atoms with van der Waals surface area (Å²) in [5.41, 5.74) is 14.0. The standard InChI is InChI=1S/C19H18N2O2/c1-13-10-14(22-18-8-4-2-6-16(18)20)12-15(11-13)23-19-9-5-3-7-17(19)21/h2-12H,20-21H2,1H3. The third-order valence-electron chi connectivity index (χ3n) is 3.32. The molecule has 0 saturated carbocycles. The van der Waals surface area contributed by atoms with Crippen LogP contribution < -0.4 is 20.9 Å². The van der Waals surface area contributed by atoms with Gasteiger partial charge < -0.3 is 20.9 Å². The zero-order chi connectivity index (χ0) is 16.2. The van der Waals surface area contributed by atoms with E-state index < -0.39 is 0 Å². The Labute approximate surface area is 135 Å². The number of aryl methyl sites for hydroxylation is 1. The molecule has 0 amide bonds. The van der Waals surface area contributed by atoms with E-state index in [1.54, 1.807) is 12.1 Å².